The number of anilines is 1. The summed E-state index contributed by atoms with van der Waals surface area (Å²) in [5.41, 5.74) is -0.634. The number of carbonyl (C=O) groups is 1. The summed E-state index contributed by atoms with van der Waals surface area (Å²) in [7, 11) is -2.56. The molecule has 0 bridgehead atoms. The molecule has 0 saturated carbocycles. The first kappa shape index (κ1) is 23.1. The van der Waals surface area contributed by atoms with Gasteiger partial charge in [0.1, 0.15) is 10.6 Å². The molecule has 1 fully saturated rings. The highest BCUT2D eigenvalue weighted by Gasteiger charge is 2.34. The number of ether oxygens (including phenoxy) is 1. The Bertz CT molecular complexity index is 1050. The standard InChI is InChI=1S/C21H23F3N2O4S/c1-14-5-3-4-12-26(14)31(28,29)19-13-15(6-11-18(19)30-2)20(27)25-17-9-7-16(8-10-17)21(22,23)24/h6-11,13-14H,3-5,12H2,1-2H3,(H,25,27)/t14-/m1/s1. The molecule has 2 aromatic rings. The van der Waals surface area contributed by atoms with E-state index in [0.717, 1.165) is 43.5 Å². The van der Waals surface area contributed by atoms with Gasteiger partial charge in [0.05, 0.1) is 12.7 Å². The number of hydrogen-bond donors (Lipinski definition) is 1. The highest BCUT2D eigenvalue weighted by Crippen LogP contribution is 2.32. The van der Waals surface area contributed by atoms with Crippen molar-refractivity contribution in [1.29, 1.82) is 0 Å². The minimum Gasteiger partial charge on any atom is -0.495 e. The number of alkyl halides is 3. The Morgan fingerprint density at radius 3 is 2.39 bits per heavy atom. The number of amides is 1. The van der Waals surface area contributed by atoms with Gasteiger partial charge in [0.15, 0.2) is 0 Å². The van der Waals surface area contributed by atoms with Crippen LogP contribution in [0.4, 0.5) is 18.9 Å². The Kier molecular flexibility index (Phi) is 6.61. The van der Waals surface area contributed by atoms with Crippen LogP contribution in [-0.2, 0) is 16.2 Å². The zero-order chi connectivity index (χ0) is 22.8. The molecular formula is C21H23F3N2O4S. The minimum absolute atomic E-state index is 0.0453. The molecule has 3 rings (SSSR count). The molecule has 1 atom stereocenters. The number of nitrogens with one attached hydrogen (secondary N) is 1. The fourth-order valence-electron chi connectivity index (χ4n) is 3.52. The normalized spacial score (nSPS) is 17.9. The van der Waals surface area contributed by atoms with E-state index in [1.807, 2.05) is 6.92 Å². The van der Waals surface area contributed by atoms with E-state index in [0.29, 0.717) is 6.54 Å². The van der Waals surface area contributed by atoms with Crippen LogP contribution in [0.3, 0.4) is 0 Å². The molecule has 168 valence electrons. The van der Waals surface area contributed by atoms with E-state index in [1.165, 1.54) is 29.6 Å². The van der Waals surface area contributed by atoms with Crippen LogP contribution < -0.4 is 10.1 Å². The van der Waals surface area contributed by atoms with Gasteiger partial charge in [0.25, 0.3) is 5.91 Å². The van der Waals surface area contributed by atoms with Gasteiger partial charge in [-0.25, -0.2) is 8.42 Å². The number of methoxy groups -OCH3 is 1. The lowest BCUT2D eigenvalue weighted by molar-refractivity contribution is -0.137. The van der Waals surface area contributed by atoms with Crippen molar-refractivity contribution in [1.82, 2.24) is 4.31 Å². The average molecular weight is 456 g/mol. The van der Waals surface area contributed by atoms with E-state index in [1.54, 1.807) is 0 Å². The summed E-state index contributed by atoms with van der Waals surface area (Å²) in [5.74, 6) is -0.533. The van der Waals surface area contributed by atoms with Crippen LogP contribution in [0.1, 0.15) is 42.1 Å². The predicted octanol–water partition coefficient (Wildman–Crippen LogP) is 4.53. The van der Waals surface area contributed by atoms with Gasteiger partial charge < -0.3 is 10.1 Å². The highest BCUT2D eigenvalue weighted by molar-refractivity contribution is 7.89. The first-order chi connectivity index (χ1) is 14.5. The summed E-state index contributed by atoms with van der Waals surface area (Å²) < 4.78 is 71.2. The van der Waals surface area contributed by atoms with E-state index < -0.39 is 27.7 Å². The van der Waals surface area contributed by atoms with E-state index >= 15 is 0 Å². The third-order valence-electron chi connectivity index (χ3n) is 5.22. The quantitative estimate of drug-likeness (QED) is 0.717. The minimum atomic E-state index is -4.48. The van der Waals surface area contributed by atoms with Crippen molar-refractivity contribution < 1.29 is 31.1 Å². The fraction of sp³-hybridized carbons (Fsp3) is 0.381. The zero-order valence-corrected chi connectivity index (χ0v) is 17.9. The van der Waals surface area contributed by atoms with Gasteiger partial charge in [-0.1, -0.05) is 6.42 Å². The van der Waals surface area contributed by atoms with Crippen molar-refractivity contribution in [3.05, 3.63) is 53.6 Å². The van der Waals surface area contributed by atoms with Crippen LogP contribution in [0.5, 0.6) is 5.75 Å². The second kappa shape index (κ2) is 8.88. The maximum atomic E-state index is 13.2. The molecule has 1 N–H and O–H groups in total. The first-order valence-corrected chi connectivity index (χ1v) is 11.2. The summed E-state index contributed by atoms with van der Waals surface area (Å²) in [6.45, 7) is 2.22. The average Bonchev–Trinajstić information content (AvgIpc) is 2.73. The molecule has 1 aliphatic rings. The monoisotopic (exact) mass is 456 g/mol. The lowest BCUT2D eigenvalue weighted by Gasteiger charge is -2.32. The SMILES string of the molecule is COc1ccc(C(=O)Nc2ccc(C(F)(F)F)cc2)cc1S(=O)(=O)N1CCCC[C@H]1C. The zero-order valence-electron chi connectivity index (χ0n) is 17.1. The molecule has 0 radical (unpaired) electrons. The van der Waals surface area contributed by atoms with Crippen molar-refractivity contribution in [2.24, 2.45) is 0 Å². The van der Waals surface area contributed by atoms with Crippen molar-refractivity contribution in [2.45, 2.75) is 43.3 Å². The van der Waals surface area contributed by atoms with Gasteiger partial charge in [-0.05, 0) is 62.2 Å². The Morgan fingerprint density at radius 2 is 1.81 bits per heavy atom. The Hall–Kier alpha value is -2.59. The van der Waals surface area contributed by atoms with E-state index in [4.69, 9.17) is 4.74 Å². The van der Waals surface area contributed by atoms with Crippen molar-refractivity contribution in [3.63, 3.8) is 0 Å². The van der Waals surface area contributed by atoms with E-state index in [2.05, 4.69) is 5.32 Å². The third-order valence-corrected chi connectivity index (χ3v) is 7.26. The molecule has 1 saturated heterocycles. The number of carbonyl (C=O) groups excluding carboxylic acids is 1. The lowest BCUT2D eigenvalue weighted by atomic mass is 10.1. The number of hydrogen-bond acceptors (Lipinski definition) is 4. The molecule has 10 heteroatoms. The maximum absolute atomic E-state index is 13.2. The molecule has 0 aliphatic carbocycles. The first-order valence-electron chi connectivity index (χ1n) is 9.72. The van der Waals surface area contributed by atoms with Crippen molar-refractivity contribution in [3.8, 4) is 5.75 Å². The molecule has 1 heterocycles. The Balaban J connectivity index is 1.88. The van der Waals surface area contributed by atoms with Gasteiger partial charge in [-0.3, -0.25) is 4.79 Å². The third kappa shape index (κ3) is 5.01. The van der Waals surface area contributed by atoms with Crippen molar-refractivity contribution >= 4 is 21.6 Å². The van der Waals surface area contributed by atoms with Crippen LogP contribution >= 0.6 is 0 Å². The predicted molar refractivity (Wildman–Crippen MR) is 110 cm³/mol. The summed E-state index contributed by atoms with van der Waals surface area (Å²) in [6.07, 6.45) is -2.04. The van der Waals surface area contributed by atoms with Crippen LogP contribution in [0, 0.1) is 0 Å². The van der Waals surface area contributed by atoms with Gasteiger partial charge in [-0.2, -0.15) is 17.5 Å². The summed E-state index contributed by atoms with van der Waals surface area (Å²) in [5, 5.41) is 2.49. The molecule has 1 aliphatic heterocycles. The highest BCUT2D eigenvalue weighted by atomic mass is 32.2. The number of piperidine rings is 1. The number of rotatable bonds is 5. The number of nitrogens with zero attached hydrogens (tertiary/aromatic N) is 1. The topological polar surface area (TPSA) is 75.7 Å². The van der Waals surface area contributed by atoms with Crippen LogP contribution in [0.2, 0.25) is 0 Å². The molecule has 2 aromatic carbocycles. The van der Waals surface area contributed by atoms with Crippen molar-refractivity contribution in [2.75, 3.05) is 19.0 Å². The summed E-state index contributed by atoms with van der Waals surface area (Å²) in [4.78, 5) is 12.5. The molecule has 0 spiro atoms. The molecule has 0 aromatic heterocycles. The second-order valence-electron chi connectivity index (χ2n) is 7.36. The maximum Gasteiger partial charge on any atom is 0.416 e. The lowest BCUT2D eigenvalue weighted by Crippen LogP contribution is -2.42. The Labute approximate surface area is 179 Å². The fourth-order valence-corrected chi connectivity index (χ4v) is 5.40. The van der Waals surface area contributed by atoms with Crippen LogP contribution in [0.15, 0.2) is 47.4 Å². The summed E-state index contributed by atoms with van der Waals surface area (Å²) >= 11 is 0. The number of benzene rings is 2. The van der Waals surface area contributed by atoms with Gasteiger partial charge in [0, 0.05) is 23.8 Å². The molecule has 31 heavy (non-hydrogen) atoms. The number of sulfonamides is 1. The molecule has 0 unspecified atom stereocenters. The number of halogens is 3. The summed E-state index contributed by atoms with van der Waals surface area (Å²) in [6, 6.07) is 7.84. The molecular weight excluding hydrogens is 433 g/mol. The van der Waals surface area contributed by atoms with E-state index in [-0.39, 0.29) is 27.9 Å². The molecule has 1 amide bonds. The van der Waals surface area contributed by atoms with Crippen LogP contribution in [0.25, 0.3) is 0 Å². The smallest absolute Gasteiger partial charge is 0.416 e. The van der Waals surface area contributed by atoms with E-state index in [9.17, 15) is 26.4 Å². The van der Waals surface area contributed by atoms with Crippen LogP contribution in [-0.4, -0.2) is 38.3 Å². The van der Waals surface area contributed by atoms with Gasteiger partial charge >= 0.3 is 6.18 Å². The Morgan fingerprint density at radius 1 is 1.13 bits per heavy atom. The van der Waals surface area contributed by atoms with Gasteiger partial charge in [-0.15, -0.1) is 0 Å². The van der Waals surface area contributed by atoms with Gasteiger partial charge in [0.2, 0.25) is 10.0 Å². The largest absolute Gasteiger partial charge is 0.495 e. The molecule has 6 nitrogen and oxygen atoms in total. The second-order valence-corrected chi connectivity index (χ2v) is 9.21.